The van der Waals surface area contributed by atoms with Crippen molar-refractivity contribution >= 4 is 50.8 Å². The summed E-state index contributed by atoms with van der Waals surface area (Å²) in [6.45, 7) is 0. The zero-order valence-electron chi connectivity index (χ0n) is 38.8. The van der Waals surface area contributed by atoms with Gasteiger partial charge in [-0.25, -0.2) is 0 Å². The Morgan fingerprint density at radius 2 is 0.861 bits per heavy atom. The van der Waals surface area contributed by atoms with Crippen LogP contribution in [0.1, 0.15) is 44.5 Å². The zero-order valence-corrected chi connectivity index (χ0v) is 39.7. The second kappa shape index (κ2) is 14.8. The highest BCUT2D eigenvalue weighted by molar-refractivity contribution is 7.99. The number of nitrogens with zero attached hydrogens (tertiary/aromatic N) is 1. The Bertz CT molecular complexity index is 4170. The first-order valence-electron chi connectivity index (χ1n) is 24.7. The summed E-state index contributed by atoms with van der Waals surface area (Å²) in [5.41, 5.74) is 21.3. The molecule has 0 amide bonds. The minimum absolute atomic E-state index is 0.515. The predicted molar refractivity (Wildman–Crippen MR) is 293 cm³/mol. The van der Waals surface area contributed by atoms with Gasteiger partial charge < -0.3 is 14.1 Å². The SMILES string of the molecule is c1ccc2c(c1)Oc1ccccc1C21c2ccccc2-c2cc(N(c3ccc(-c4ccc5oc6ccccc6c5c4)cc3)c3cccc4c3-c3ccccc3C43c4ccccc4Sc4ccccc43)ccc21. The molecule has 3 heterocycles. The molecule has 0 N–H and O–H groups in total. The number of anilines is 3. The molecule has 2 aliphatic heterocycles. The molecule has 2 spiro atoms. The predicted octanol–water partition coefficient (Wildman–Crippen LogP) is 18.0. The summed E-state index contributed by atoms with van der Waals surface area (Å²) in [7, 11) is 0. The molecular weight excluding hydrogens is 895 g/mol. The Kier molecular flexibility index (Phi) is 8.24. The molecule has 2 aliphatic carbocycles. The Balaban J connectivity index is 0.948. The molecule has 0 atom stereocenters. The molecule has 0 radical (unpaired) electrons. The van der Waals surface area contributed by atoms with E-state index in [-0.39, 0.29) is 0 Å². The maximum Gasteiger partial charge on any atom is 0.135 e. The average Bonchev–Trinajstić information content (AvgIpc) is 4.07. The van der Waals surface area contributed by atoms with Crippen LogP contribution in [0.15, 0.2) is 263 Å². The highest BCUT2D eigenvalue weighted by atomic mass is 32.2. The lowest BCUT2D eigenvalue weighted by atomic mass is 9.66. The van der Waals surface area contributed by atoms with Crippen LogP contribution in [-0.4, -0.2) is 0 Å². The van der Waals surface area contributed by atoms with Crippen molar-refractivity contribution in [2.75, 3.05) is 4.90 Å². The molecule has 0 saturated carbocycles. The van der Waals surface area contributed by atoms with Crippen LogP contribution in [0.3, 0.4) is 0 Å². The summed E-state index contributed by atoms with van der Waals surface area (Å²) in [5.74, 6) is 1.78. The van der Waals surface area contributed by atoms with Crippen LogP contribution in [0.5, 0.6) is 11.5 Å². The van der Waals surface area contributed by atoms with Gasteiger partial charge in [-0.3, -0.25) is 0 Å². The second-order valence-electron chi connectivity index (χ2n) is 19.4. The summed E-state index contributed by atoms with van der Waals surface area (Å²) >= 11 is 1.88. The smallest absolute Gasteiger partial charge is 0.135 e. The van der Waals surface area contributed by atoms with Crippen molar-refractivity contribution in [3.63, 3.8) is 0 Å². The van der Waals surface area contributed by atoms with Crippen molar-refractivity contribution in [1.29, 1.82) is 0 Å². The number of para-hydroxylation sites is 3. The van der Waals surface area contributed by atoms with Gasteiger partial charge >= 0.3 is 0 Å². The molecular formula is C68H41NO2S. The van der Waals surface area contributed by atoms with Crippen LogP contribution in [0, 0.1) is 0 Å². The second-order valence-corrected chi connectivity index (χ2v) is 20.5. The van der Waals surface area contributed by atoms with E-state index in [9.17, 15) is 0 Å². The molecule has 72 heavy (non-hydrogen) atoms. The number of benzene rings is 11. The number of ether oxygens (including phenoxy) is 1. The summed E-state index contributed by atoms with van der Waals surface area (Å²) in [4.78, 5) is 5.10. The van der Waals surface area contributed by atoms with Crippen molar-refractivity contribution in [2.45, 2.75) is 20.6 Å². The lowest BCUT2D eigenvalue weighted by molar-refractivity contribution is 0.436. The maximum atomic E-state index is 6.70. The molecule has 0 unspecified atom stereocenters. The molecule has 4 aliphatic rings. The summed E-state index contributed by atoms with van der Waals surface area (Å²) in [6.07, 6.45) is 0. The van der Waals surface area contributed by atoms with Crippen molar-refractivity contribution in [3.8, 4) is 44.9 Å². The number of furan rings is 1. The highest BCUT2D eigenvalue weighted by Crippen LogP contribution is 2.66. The van der Waals surface area contributed by atoms with Crippen LogP contribution in [0.2, 0.25) is 0 Å². The standard InChI is InChI=1S/C68H41NO2S/c1-4-19-51-46(16-1)49-41-45(37-38-53(49)67(51)54-21-6-11-28-62(54)71-63-29-12-7-22-55(63)67)69(44-35-32-42(33-36-44)43-34-39-61-50(40-43)47-17-3-10-27-60(47)70-61)59-26-15-25-58-66(59)48-18-2-5-20-52(48)68(58)56-23-8-13-30-64(56)72-65-31-14-9-24-57(65)68/h1-41H. The number of rotatable bonds is 4. The number of hydrogen-bond donors (Lipinski definition) is 0. The molecule has 16 rings (SSSR count). The molecule has 4 heteroatoms. The van der Waals surface area contributed by atoms with E-state index in [1.54, 1.807) is 0 Å². The van der Waals surface area contributed by atoms with E-state index in [0.29, 0.717) is 0 Å². The molecule has 0 saturated heterocycles. The fourth-order valence-corrected chi connectivity index (χ4v) is 14.4. The average molecular weight is 936 g/mol. The Hall–Kier alpha value is -8.83. The van der Waals surface area contributed by atoms with Crippen LogP contribution in [0.4, 0.5) is 17.1 Å². The minimum atomic E-state index is -0.567. The van der Waals surface area contributed by atoms with E-state index >= 15 is 0 Å². The van der Waals surface area contributed by atoms with Gasteiger partial charge in [-0.1, -0.05) is 188 Å². The topological polar surface area (TPSA) is 25.6 Å². The van der Waals surface area contributed by atoms with Crippen molar-refractivity contribution in [2.24, 2.45) is 0 Å². The molecule has 0 fully saturated rings. The van der Waals surface area contributed by atoms with E-state index in [0.717, 1.165) is 72.8 Å². The Morgan fingerprint density at radius 1 is 0.333 bits per heavy atom. The zero-order chi connectivity index (χ0) is 47.1. The van der Waals surface area contributed by atoms with Crippen molar-refractivity contribution in [1.82, 2.24) is 0 Å². The van der Waals surface area contributed by atoms with Crippen molar-refractivity contribution < 1.29 is 9.15 Å². The number of hydrogen-bond acceptors (Lipinski definition) is 4. The lowest BCUT2D eigenvalue weighted by Gasteiger charge is -2.40. The first-order chi connectivity index (χ1) is 35.7. The molecule has 11 aromatic carbocycles. The van der Waals surface area contributed by atoms with Crippen LogP contribution in [0.25, 0.3) is 55.3 Å². The molecule has 1 aromatic heterocycles. The summed E-state index contributed by atoms with van der Waals surface area (Å²) < 4.78 is 12.9. The van der Waals surface area contributed by atoms with Gasteiger partial charge in [-0.2, -0.15) is 0 Å². The van der Waals surface area contributed by atoms with Gasteiger partial charge in [0.25, 0.3) is 0 Å². The Morgan fingerprint density at radius 3 is 1.60 bits per heavy atom. The van der Waals surface area contributed by atoms with E-state index in [2.05, 4.69) is 241 Å². The molecule has 12 aromatic rings. The number of fused-ring (bicyclic) bond motifs is 21. The summed E-state index contributed by atoms with van der Waals surface area (Å²) in [5, 5.41) is 2.25. The fraction of sp³-hybridized carbons (Fsp3) is 0.0294. The van der Waals surface area contributed by atoms with E-state index < -0.39 is 10.8 Å². The molecule has 336 valence electrons. The monoisotopic (exact) mass is 935 g/mol. The van der Waals surface area contributed by atoms with Crippen LogP contribution >= 0.6 is 11.8 Å². The fourth-order valence-electron chi connectivity index (χ4n) is 13.2. The molecule has 3 nitrogen and oxygen atoms in total. The summed E-state index contributed by atoms with van der Waals surface area (Å²) in [6, 6.07) is 91.7. The first-order valence-corrected chi connectivity index (χ1v) is 25.5. The highest BCUT2D eigenvalue weighted by Gasteiger charge is 2.53. The van der Waals surface area contributed by atoms with Gasteiger partial charge in [0.2, 0.25) is 0 Å². The van der Waals surface area contributed by atoms with Crippen LogP contribution < -0.4 is 9.64 Å². The van der Waals surface area contributed by atoms with E-state index in [1.165, 1.54) is 65.4 Å². The minimum Gasteiger partial charge on any atom is -0.457 e. The van der Waals surface area contributed by atoms with Gasteiger partial charge in [-0.05, 0) is 134 Å². The van der Waals surface area contributed by atoms with Gasteiger partial charge in [-0.15, -0.1) is 0 Å². The largest absolute Gasteiger partial charge is 0.457 e. The van der Waals surface area contributed by atoms with Gasteiger partial charge in [0.15, 0.2) is 0 Å². The normalized spacial score (nSPS) is 14.4. The maximum absolute atomic E-state index is 6.70. The third kappa shape index (κ3) is 5.21. The lowest BCUT2D eigenvalue weighted by Crippen LogP contribution is -2.32. The third-order valence-electron chi connectivity index (χ3n) is 16.0. The van der Waals surface area contributed by atoms with Crippen molar-refractivity contribution in [3.05, 3.63) is 293 Å². The molecule has 0 bridgehead atoms. The van der Waals surface area contributed by atoms with Gasteiger partial charge in [0.1, 0.15) is 22.7 Å². The van der Waals surface area contributed by atoms with E-state index in [4.69, 9.17) is 9.15 Å². The van der Waals surface area contributed by atoms with E-state index in [1.807, 2.05) is 23.9 Å². The van der Waals surface area contributed by atoms with Gasteiger partial charge in [0, 0.05) is 48.6 Å². The van der Waals surface area contributed by atoms with Gasteiger partial charge in [0.05, 0.1) is 16.5 Å². The quantitative estimate of drug-likeness (QED) is 0.176. The Labute approximate surface area is 421 Å². The first kappa shape index (κ1) is 40.0. The van der Waals surface area contributed by atoms with Crippen LogP contribution in [-0.2, 0) is 10.8 Å². The third-order valence-corrected chi connectivity index (χ3v) is 17.2.